The number of thiophene rings is 1. The van der Waals surface area contributed by atoms with Crippen molar-refractivity contribution in [1.82, 2.24) is 10.2 Å². The number of carbonyl (C=O) groups is 1. The zero-order valence-corrected chi connectivity index (χ0v) is 11.6. The number of amides is 1. The molecule has 18 heavy (non-hydrogen) atoms. The number of likely N-dealkylation sites (tertiary alicyclic amines) is 1. The maximum atomic E-state index is 10.8. The van der Waals surface area contributed by atoms with Crippen molar-refractivity contribution in [3.8, 4) is 0 Å². The van der Waals surface area contributed by atoms with Gasteiger partial charge < -0.3 is 11.1 Å². The van der Waals surface area contributed by atoms with Gasteiger partial charge in [0.05, 0.1) is 6.54 Å². The molecule has 0 bridgehead atoms. The Balaban J connectivity index is 1.75. The Morgan fingerprint density at radius 3 is 2.89 bits per heavy atom. The number of primary amides is 1. The summed E-state index contributed by atoms with van der Waals surface area (Å²) in [5.74, 6) is -0.229. The van der Waals surface area contributed by atoms with E-state index in [-0.39, 0.29) is 5.91 Å². The lowest BCUT2D eigenvalue weighted by atomic mass is 10.0. The molecular weight excluding hydrogens is 246 g/mol. The maximum Gasteiger partial charge on any atom is 0.231 e. The molecule has 0 aliphatic carbocycles. The third kappa shape index (κ3) is 3.80. The second kappa shape index (κ2) is 6.31. The summed E-state index contributed by atoms with van der Waals surface area (Å²) in [6.07, 6.45) is 2.17. The molecule has 1 saturated heterocycles. The number of rotatable bonds is 5. The molecule has 0 spiro atoms. The summed E-state index contributed by atoms with van der Waals surface area (Å²) >= 11 is 1.74. The number of carbonyl (C=O) groups excluding carboxylic acids is 1. The first-order valence-corrected chi connectivity index (χ1v) is 7.38. The Kier molecular flexibility index (Phi) is 4.74. The molecule has 100 valence electrons. The third-order valence-electron chi connectivity index (χ3n) is 3.50. The van der Waals surface area contributed by atoms with E-state index < -0.39 is 0 Å². The predicted molar refractivity (Wildman–Crippen MR) is 74.5 cm³/mol. The van der Waals surface area contributed by atoms with Crippen LogP contribution in [0.5, 0.6) is 0 Å². The van der Waals surface area contributed by atoms with Gasteiger partial charge in [-0.3, -0.25) is 9.69 Å². The van der Waals surface area contributed by atoms with Gasteiger partial charge in [-0.2, -0.15) is 11.3 Å². The van der Waals surface area contributed by atoms with E-state index >= 15 is 0 Å². The van der Waals surface area contributed by atoms with E-state index in [4.69, 9.17) is 5.73 Å². The zero-order chi connectivity index (χ0) is 13.0. The van der Waals surface area contributed by atoms with Crippen LogP contribution in [0.3, 0.4) is 0 Å². The van der Waals surface area contributed by atoms with Crippen molar-refractivity contribution in [3.05, 3.63) is 22.4 Å². The van der Waals surface area contributed by atoms with Crippen LogP contribution in [0.2, 0.25) is 0 Å². The fraction of sp³-hybridized carbons (Fsp3) is 0.615. The van der Waals surface area contributed by atoms with Crippen molar-refractivity contribution in [1.29, 1.82) is 0 Å². The molecule has 1 fully saturated rings. The maximum absolute atomic E-state index is 10.8. The Labute approximate surface area is 112 Å². The minimum Gasteiger partial charge on any atom is -0.369 e. The molecule has 1 atom stereocenters. The fourth-order valence-corrected chi connectivity index (χ4v) is 3.20. The molecule has 2 rings (SSSR count). The Hall–Kier alpha value is -0.910. The molecular formula is C13H21N3OS. The molecule has 0 aromatic carbocycles. The average molecular weight is 267 g/mol. The van der Waals surface area contributed by atoms with Crippen molar-refractivity contribution in [2.45, 2.75) is 31.8 Å². The number of nitrogens with one attached hydrogen (secondary N) is 1. The number of hydrogen-bond acceptors (Lipinski definition) is 4. The Morgan fingerprint density at radius 2 is 2.33 bits per heavy atom. The van der Waals surface area contributed by atoms with E-state index in [2.05, 4.69) is 34.0 Å². The van der Waals surface area contributed by atoms with Gasteiger partial charge in [0.2, 0.25) is 5.91 Å². The lowest BCUT2D eigenvalue weighted by Crippen LogP contribution is -2.45. The molecule has 1 aromatic heterocycles. The van der Waals surface area contributed by atoms with E-state index in [9.17, 15) is 4.79 Å². The molecule has 0 saturated carbocycles. The van der Waals surface area contributed by atoms with Crippen molar-refractivity contribution in [3.63, 3.8) is 0 Å². The standard InChI is InChI=1S/C13H21N3OS/c1-10(11-4-7-18-9-11)15-12-2-5-16(6-3-12)8-13(14)17/h4,7,9-10,12,15H,2-3,5-6,8H2,1H3,(H2,14,17). The van der Waals surface area contributed by atoms with Gasteiger partial charge in [0.15, 0.2) is 0 Å². The summed E-state index contributed by atoms with van der Waals surface area (Å²) in [4.78, 5) is 13.0. The average Bonchev–Trinajstić information content (AvgIpc) is 2.84. The number of piperidine rings is 1. The van der Waals surface area contributed by atoms with E-state index in [0.717, 1.165) is 25.9 Å². The van der Waals surface area contributed by atoms with Crippen molar-refractivity contribution >= 4 is 17.2 Å². The van der Waals surface area contributed by atoms with Crippen molar-refractivity contribution in [2.24, 2.45) is 5.73 Å². The molecule has 1 aromatic rings. The number of hydrogen-bond donors (Lipinski definition) is 2. The van der Waals surface area contributed by atoms with Crippen LogP contribution in [-0.2, 0) is 4.79 Å². The van der Waals surface area contributed by atoms with E-state index in [1.54, 1.807) is 11.3 Å². The van der Waals surface area contributed by atoms with E-state index in [1.807, 2.05) is 0 Å². The first-order valence-electron chi connectivity index (χ1n) is 6.44. The predicted octanol–water partition coefficient (Wildman–Crippen LogP) is 1.35. The van der Waals surface area contributed by atoms with Gasteiger partial charge in [0.1, 0.15) is 0 Å². The van der Waals surface area contributed by atoms with Gasteiger partial charge in [-0.1, -0.05) is 0 Å². The molecule has 0 radical (unpaired) electrons. The topological polar surface area (TPSA) is 58.4 Å². The third-order valence-corrected chi connectivity index (χ3v) is 4.20. The minimum atomic E-state index is -0.229. The Bertz CT molecular complexity index is 372. The highest BCUT2D eigenvalue weighted by Crippen LogP contribution is 2.19. The normalized spacial score (nSPS) is 19.8. The van der Waals surface area contributed by atoms with Crippen LogP contribution in [0.25, 0.3) is 0 Å². The summed E-state index contributed by atoms with van der Waals surface area (Å²) < 4.78 is 0. The first kappa shape index (κ1) is 13.5. The summed E-state index contributed by atoms with van der Waals surface area (Å²) in [5.41, 5.74) is 6.57. The highest BCUT2D eigenvalue weighted by molar-refractivity contribution is 7.07. The van der Waals surface area contributed by atoms with Gasteiger partial charge in [-0.25, -0.2) is 0 Å². The fourth-order valence-electron chi connectivity index (χ4n) is 2.45. The highest BCUT2D eigenvalue weighted by Gasteiger charge is 2.21. The molecule has 4 nitrogen and oxygen atoms in total. The van der Waals surface area contributed by atoms with Crippen LogP contribution in [0, 0.1) is 0 Å². The lowest BCUT2D eigenvalue weighted by molar-refractivity contribution is -0.119. The van der Waals surface area contributed by atoms with Crippen LogP contribution < -0.4 is 11.1 Å². The number of nitrogens with two attached hydrogens (primary N) is 1. The quantitative estimate of drug-likeness (QED) is 0.846. The molecule has 1 unspecified atom stereocenters. The largest absolute Gasteiger partial charge is 0.369 e. The van der Waals surface area contributed by atoms with Gasteiger partial charge in [-0.05, 0) is 42.2 Å². The molecule has 1 aliphatic heterocycles. The van der Waals surface area contributed by atoms with Gasteiger partial charge in [0.25, 0.3) is 0 Å². The smallest absolute Gasteiger partial charge is 0.231 e. The molecule has 3 N–H and O–H groups in total. The van der Waals surface area contributed by atoms with Crippen LogP contribution in [-0.4, -0.2) is 36.5 Å². The van der Waals surface area contributed by atoms with E-state index in [1.165, 1.54) is 5.56 Å². The Morgan fingerprint density at radius 1 is 1.61 bits per heavy atom. The highest BCUT2D eigenvalue weighted by atomic mass is 32.1. The summed E-state index contributed by atoms with van der Waals surface area (Å²) in [7, 11) is 0. The van der Waals surface area contributed by atoms with Crippen LogP contribution in [0.15, 0.2) is 16.8 Å². The SMILES string of the molecule is CC(NC1CCN(CC(N)=O)CC1)c1ccsc1. The second-order valence-corrected chi connectivity index (χ2v) is 5.74. The zero-order valence-electron chi connectivity index (χ0n) is 10.8. The second-order valence-electron chi connectivity index (χ2n) is 4.96. The van der Waals surface area contributed by atoms with Crippen LogP contribution in [0.4, 0.5) is 0 Å². The van der Waals surface area contributed by atoms with Gasteiger partial charge >= 0.3 is 0 Å². The van der Waals surface area contributed by atoms with E-state index in [0.29, 0.717) is 18.6 Å². The summed E-state index contributed by atoms with van der Waals surface area (Å²) in [6, 6.07) is 3.12. The minimum absolute atomic E-state index is 0.229. The molecule has 5 heteroatoms. The molecule has 1 amide bonds. The monoisotopic (exact) mass is 267 g/mol. The van der Waals surface area contributed by atoms with Gasteiger partial charge in [0, 0.05) is 25.2 Å². The van der Waals surface area contributed by atoms with Crippen molar-refractivity contribution < 1.29 is 4.79 Å². The molecule has 1 aliphatic rings. The first-order chi connectivity index (χ1) is 8.65. The summed E-state index contributed by atoms with van der Waals surface area (Å²) in [5, 5.41) is 7.97. The van der Waals surface area contributed by atoms with Crippen molar-refractivity contribution in [2.75, 3.05) is 19.6 Å². The summed E-state index contributed by atoms with van der Waals surface area (Å²) in [6.45, 7) is 4.51. The van der Waals surface area contributed by atoms with Crippen LogP contribution in [0.1, 0.15) is 31.4 Å². The van der Waals surface area contributed by atoms with Crippen LogP contribution >= 0.6 is 11.3 Å². The number of nitrogens with zero attached hydrogens (tertiary/aromatic N) is 1. The van der Waals surface area contributed by atoms with Gasteiger partial charge in [-0.15, -0.1) is 0 Å². The molecule has 2 heterocycles. The lowest BCUT2D eigenvalue weighted by Gasteiger charge is -2.33.